The topological polar surface area (TPSA) is 107 Å². The summed E-state index contributed by atoms with van der Waals surface area (Å²) in [4.78, 5) is 31.2. The molecule has 0 aliphatic rings. The summed E-state index contributed by atoms with van der Waals surface area (Å²) in [6.07, 6.45) is 0.380. The third kappa shape index (κ3) is 4.67. The van der Waals surface area contributed by atoms with Crippen molar-refractivity contribution in [3.05, 3.63) is 32.8 Å². The Kier molecular flexibility index (Phi) is 7.56. The van der Waals surface area contributed by atoms with Crippen molar-refractivity contribution in [3.63, 3.8) is 0 Å². The number of halogens is 2. The maximum Gasteiger partial charge on any atom is 0.322 e. The maximum atomic E-state index is 10.9. The molecule has 110 valence electrons. The molecule has 0 spiro atoms. The SMILES string of the molecule is Cl.O=Cc1ccc(Cl)c(OCCCC(=O)O)c1[N+](=O)[O-]. The molecule has 0 amide bonds. The molecule has 0 saturated carbocycles. The van der Waals surface area contributed by atoms with Crippen LogP contribution in [-0.4, -0.2) is 28.9 Å². The summed E-state index contributed by atoms with van der Waals surface area (Å²) < 4.78 is 5.13. The van der Waals surface area contributed by atoms with Crippen LogP contribution in [0.15, 0.2) is 12.1 Å². The Morgan fingerprint density at radius 3 is 2.65 bits per heavy atom. The number of ether oxygens (including phenoxy) is 1. The van der Waals surface area contributed by atoms with Crippen LogP contribution in [0.3, 0.4) is 0 Å². The van der Waals surface area contributed by atoms with Gasteiger partial charge in [-0.05, 0) is 18.6 Å². The smallest absolute Gasteiger partial charge is 0.322 e. The molecule has 0 atom stereocenters. The molecule has 0 unspecified atom stereocenters. The van der Waals surface area contributed by atoms with E-state index in [9.17, 15) is 19.7 Å². The van der Waals surface area contributed by atoms with Gasteiger partial charge in [0.1, 0.15) is 0 Å². The fraction of sp³-hybridized carbons (Fsp3) is 0.273. The molecule has 1 aromatic carbocycles. The van der Waals surface area contributed by atoms with E-state index < -0.39 is 16.6 Å². The number of aldehydes is 1. The zero-order valence-electron chi connectivity index (χ0n) is 10.1. The Bertz CT molecular complexity index is 520. The minimum absolute atomic E-state index is 0. The molecule has 9 heteroatoms. The predicted molar refractivity (Wildman–Crippen MR) is 73.1 cm³/mol. The number of carbonyl (C=O) groups is 2. The highest BCUT2D eigenvalue weighted by atomic mass is 35.5. The second kappa shape index (κ2) is 8.34. The molecule has 1 rings (SSSR count). The van der Waals surface area contributed by atoms with Gasteiger partial charge in [-0.2, -0.15) is 0 Å². The van der Waals surface area contributed by atoms with Gasteiger partial charge in [0, 0.05) is 6.42 Å². The van der Waals surface area contributed by atoms with E-state index in [2.05, 4.69) is 0 Å². The van der Waals surface area contributed by atoms with Crippen molar-refractivity contribution in [1.82, 2.24) is 0 Å². The molecule has 1 aromatic rings. The number of rotatable bonds is 7. The number of carbonyl (C=O) groups excluding carboxylic acids is 1. The summed E-state index contributed by atoms with van der Waals surface area (Å²) in [5.74, 6) is -1.22. The van der Waals surface area contributed by atoms with Crippen LogP contribution in [0.5, 0.6) is 5.75 Å². The summed E-state index contributed by atoms with van der Waals surface area (Å²) in [7, 11) is 0. The molecule has 0 aliphatic heterocycles. The number of nitrogens with zero attached hydrogens (tertiary/aromatic N) is 1. The zero-order valence-corrected chi connectivity index (χ0v) is 11.6. The first-order chi connectivity index (χ1) is 8.97. The molecule has 0 aromatic heterocycles. The lowest BCUT2D eigenvalue weighted by molar-refractivity contribution is -0.386. The van der Waals surface area contributed by atoms with Crippen molar-refractivity contribution in [2.24, 2.45) is 0 Å². The van der Waals surface area contributed by atoms with Crippen LogP contribution < -0.4 is 4.74 Å². The Morgan fingerprint density at radius 2 is 2.15 bits per heavy atom. The van der Waals surface area contributed by atoms with E-state index in [1.807, 2.05) is 0 Å². The standard InChI is InChI=1S/C11H10ClNO6.ClH/c12-8-4-3-7(6-14)10(13(17)18)11(8)19-5-1-2-9(15)16;/h3-4,6H,1-2,5H2,(H,15,16);1H. The van der Waals surface area contributed by atoms with Crippen molar-refractivity contribution in [2.75, 3.05) is 6.61 Å². The van der Waals surface area contributed by atoms with Crippen molar-refractivity contribution >= 4 is 42.0 Å². The third-order valence-corrected chi connectivity index (χ3v) is 2.50. The van der Waals surface area contributed by atoms with Gasteiger partial charge < -0.3 is 9.84 Å². The van der Waals surface area contributed by atoms with Crippen molar-refractivity contribution in [2.45, 2.75) is 12.8 Å². The van der Waals surface area contributed by atoms with E-state index in [0.29, 0.717) is 6.29 Å². The highest BCUT2D eigenvalue weighted by Crippen LogP contribution is 2.37. The first kappa shape index (κ1) is 18.1. The highest BCUT2D eigenvalue weighted by Gasteiger charge is 2.24. The molecule has 7 nitrogen and oxygen atoms in total. The number of carboxylic acid groups (broad SMARTS) is 1. The summed E-state index contributed by atoms with van der Waals surface area (Å²) in [5, 5.41) is 19.4. The minimum atomic E-state index is -0.995. The summed E-state index contributed by atoms with van der Waals surface area (Å²) in [6.45, 7) is -0.0465. The molecule has 0 aliphatic carbocycles. The van der Waals surface area contributed by atoms with Crippen LogP contribution in [0.4, 0.5) is 5.69 Å². The molecule has 0 saturated heterocycles. The van der Waals surface area contributed by atoms with E-state index in [4.69, 9.17) is 21.4 Å². The van der Waals surface area contributed by atoms with Gasteiger partial charge in [-0.3, -0.25) is 19.7 Å². The van der Waals surface area contributed by atoms with Gasteiger partial charge >= 0.3 is 11.7 Å². The lowest BCUT2D eigenvalue weighted by atomic mass is 10.2. The molecule has 0 fully saturated rings. The Labute approximate surface area is 125 Å². The van der Waals surface area contributed by atoms with E-state index in [1.165, 1.54) is 12.1 Å². The fourth-order valence-corrected chi connectivity index (χ4v) is 1.59. The molecule has 1 N–H and O–H groups in total. The molecule has 20 heavy (non-hydrogen) atoms. The Hall–Kier alpha value is -1.86. The van der Waals surface area contributed by atoms with Crippen LogP contribution in [-0.2, 0) is 4.79 Å². The quantitative estimate of drug-likeness (QED) is 0.358. The number of nitro groups is 1. The highest BCUT2D eigenvalue weighted by molar-refractivity contribution is 6.32. The number of nitro benzene ring substituents is 1. The minimum Gasteiger partial charge on any atom is -0.486 e. The maximum absolute atomic E-state index is 10.9. The second-order valence-corrected chi connectivity index (χ2v) is 3.94. The van der Waals surface area contributed by atoms with Gasteiger partial charge in [0.2, 0.25) is 5.75 Å². The molecular weight excluding hydrogens is 313 g/mol. The Balaban J connectivity index is 0.00000361. The molecular formula is C11H11Cl2NO6. The van der Waals surface area contributed by atoms with E-state index in [0.717, 1.165) is 0 Å². The van der Waals surface area contributed by atoms with E-state index in [-0.39, 0.29) is 48.2 Å². The summed E-state index contributed by atoms with van der Waals surface area (Å²) in [6, 6.07) is 2.53. The van der Waals surface area contributed by atoms with Crippen LogP contribution in [0.25, 0.3) is 0 Å². The molecule has 0 radical (unpaired) electrons. The van der Waals surface area contributed by atoms with Crippen LogP contribution in [0.2, 0.25) is 5.02 Å². The van der Waals surface area contributed by atoms with Crippen molar-refractivity contribution in [1.29, 1.82) is 0 Å². The van der Waals surface area contributed by atoms with Crippen LogP contribution in [0, 0.1) is 10.1 Å². The largest absolute Gasteiger partial charge is 0.486 e. The lowest BCUT2D eigenvalue weighted by Crippen LogP contribution is -2.05. The van der Waals surface area contributed by atoms with Gasteiger partial charge in [0.15, 0.2) is 6.29 Å². The number of carboxylic acids is 1. The number of benzene rings is 1. The second-order valence-electron chi connectivity index (χ2n) is 3.54. The normalized spacial score (nSPS) is 9.45. The first-order valence-corrected chi connectivity index (χ1v) is 5.61. The zero-order chi connectivity index (χ0) is 14.4. The predicted octanol–water partition coefficient (Wildman–Crippen LogP) is 2.73. The van der Waals surface area contributed by atoms with Gasteiger partial charge in [-0.1, -0.05) is 11.6 Å². The van der Waals surface area contributed by atoms with Crippen molar-refractivity contribution < 1.29 is 24.4 Å². The van der Waals surface area contributed by atoms with Crippen molar-refractivity contribution in [3.8, 4) is 5.75 Å². The monoisotopic (exact) mass is 323 g/mol. The average molecular weight is 324 g/mol. The Morgan fingerprint density at radius 1 is 1.50 bits per heavy atom. The van der Waals surface area contributed by atoms with Crippen LogP contribution >= 0.6 is 24.0 Å². The van der Waals surface area contributed by atoms with Gasteiger partial charge in [0.05, 0.1) is 22.1 Å². The summed E-state index contributed by atoms with van der Waals surface area (Å²) >= 11 is 5.78. The van der Waals surface area contributed by atoms with Gasteiger partial charge in [0.25, 0.3) is 0 Å². The number of hydrogen-bond donors (Lipinski definition) is 1. The number of hydrogen-bond acceptors (Lipinski definition) is 5. The first-order valence-electron chi connectivity index (χ1n) is 5.24. The third-order valence-electron chi connectivity index (χ3n) is 2.21. The van der Waals surface area contributed by atoms with E-state index in [1.54, 1.807) is 0 Å². The van der Waals surface area contributed by atoms with Crippen LogP contribution in [0.1, 0.15) is 23.2 Å². The number of aliphatic carboxylic acids is 1. The van der Waals surface area contributed by atoms with Gasteiger partial charge in [-0.25, -0.2) is 0 Å². The fourth-order valence-electron chi connectivity index (χ4n) is 1.38. The lowest BCUT2D eigenvalue weighted by Gasteiger charge is -2.08. The summed E-state index contributed by atoms with van der Waals surface area (Å²) in [5.41, 5.74) is -0.666. The van der Waals surface area contributed by atoms with Gasteiger partial charge in [-0.15, -0.1) is 12.4 Å². The molecule has 0 bridgehead atoms. The average Bonchev–Trinajstić information content (AvgIpc) is 2.35. The molecule has 0 heterocycles. The van der Waals surface area contributed by atoms with E-state index >= 15 is 0 Å².